The number of sulfone groups is 1. The number of imidazole rings is 1. The van der Waals surface area contributed by atoms with Crippen LogP contribution < -0.4 is 0 Å². The second-order valence-corrected chi connectivity index (χ2v) is 13.4. The van der Waals surface area contributed by atoms with E-state index in [4.69, 9.17) is 9.72 Å². The summed E-state index contributed by atoms with van der Waals surface area (Å²) in [5.74, 6) is 1.04. The van der Waals surface area contributed by atoms with Crippen LogP contribution in [0, 0.1) is 11.8 Å². The second kappa shape index (κ2) is 8.95. The summed E-state index contributed by atoms with van der Waals surface area (Å²) in [6.07, 6.45) is 7.72. The van der Waals surface area contributed by atoms with Crippen molar-refractivity contribution in [3.8, 4) is 0 Å². The van der Waals surface area contributed by atoms with Crippen LogP contribution in [0.2, 0.25) is 0 Å². The highest BCUT2D eigenvalue weighted by Gasteiger charge is 2.52. The number of rotatable bonds is 9. The van der Waals surface area contributed by atoms with E-state index in [2.05, 4.69) is 4.57 Å². The lowest BCUT2D eigenvalue weighted by molar-refractivity contribution is -0.151. The second-order valence-electron chi connectivity index (χ2n) is 11.4. The molecule has 0 bridgehead atoms. The van der Waals surface area contributed by atoms with Crippen LogP contribution in [0.3, 0.4) is 0 Å². The zero-order valence-electron chi connectivity index (χ0n) is 21.2. The molecule has 2 aromatic carbocycles. The molecule has 0 saturated heterocycles. The lowest BCUT2D eigenvalue weighted by Crippen LogP contribution is -2.47. The first-order valence-corrected chi connectivity index (χ1v) is 15.2. The van der Waals surface area contributed by atoms with Crippen molar-refractivity contribution < 1.29 is 23.1 Å². The maximum atomic E-state index is 12.7. The summed E-state index contributed by atoms with van der Waals surface area (Å²) in [5.41, 5.74) is 0.410. The molecule has 1 heterocycles. The van der Waals surface area contributed by atoms with Crippen LogP contribution in [0.1, 0.15) is 62.8 Å². The molecule has 6 rings (SSSR count). The predicted molar refractivity (Wildman–Crippen MR) is 140 cm³/mol. The van der Waals surface area contributed by atoms with Gasteiger partial charge in [0.2, 0.25) is 0 Å². The Labute approximate surface area is 217 Å². The van der Waals surface area contributed by atoms with Crippen LogP contribution in [-0.2, 0) is 36.9 Å². The fourth-order valence-electron chi connectivity index (χ4n) is 5.97. The summed E-state index contributed by atoms with van der Waals surface area (Å²) in [6, 6.07) is 14.9. The van der Waals surface area contributed by atoms with Gasteiger partial charge in [-0.1, -0.05) is 36.4 Å². The number of para-hydroxylation sites is 1. The number of benzene rings is 2. The lowest BCUT2D eigenvalue weighted by atomic mass is 9.65. The number of carbonyl (C=O) groups is 1. The van der Waals surface area contributed by atoms with Gasteiger partial charge in [-0.2, -0.15) is 0 Å². The Kier molecular flexibility index (Phi) is 5.95. The summed E-state index contributed by atoms with van der Waals surface area (Å²) in [6.45, 7) is 1.40. The highest BCUT2D eigenvalue weighted by atomic mass is 32.2. The summed E-state index contributed by atoms with van der Waals surface area (Å²) < 4.78 is 34.3. The normalized spacial score (nSPS) is 26.4. The number of carboxylic acids is 1. The molecule has 1 aromatic heterocycles. The van der Waals surface area contributed by atoms with Gasteiger partial charge in [-0.3, -0.25) is 4.79 Å². The number of carboxylic acid groups (broad SMARTS) is 1. The molecule has 0 aliphatic heterocycles. The van der Waals surface area contributed by atoms with Crippen LogP contribution in [-0.4, -0.2) is 41.9 Å². The summed E-state index contributed by atoms with van der Waals surface area (Å²) >= 11 is 0. The van der Waals surface area contributed by atoms with E-state index in [0.29, 0.717) is 49.6 Å². The Morgan fingerprint density at radius 1 is 1.00 bits per heavy atom. The monoisotopic (exact) mass is 522 g/mol. The minimum absolute atomic E-state index is 0.234. The first-order chi connectivity index (χ1) is 17.7. The third-order valence-corrected chi connectivity index (χ3v) is 9.75. The van der Waals surface area contributed by atoms with Gasteiger partial charge in [-0.05, 0) is 80.9 Å². The highest BCUT2D eigenvalue weighted by Crippen LogP contribution is 2.51. The number of aliphatic carboxylic acids is 1. The van der Waals surface area contributed by atoms with E-state index in [0.717, 1.165) is 49.1 Å². The Morgan fingerprint density at radius 3 is 2.27 bits per heavy atom. The fourth-order valence-corrected chi connectivity index (χ4v) is 6.80. The van der Waals surface area contributed by atoms with E-state index >= 15 is 0 Å². The minimum Gasteiger partial charge on any atom is -0.481 e. The third kappa shape index (κ3) is 4.48. The number of aromatic nitrogens is 2. The maximum Gasteiger partial charge on any atom is 0.314 e. The van der Waals surface area contributed by atoms with Gasteiger partial charge >= 0.3 is 5.97 Å². The summed E-state index contributed by atoms with van der Waals surface area (Å²) in [5, 5.41) is 10.4. The molecule has 3 fully saturated rings. The quantitative estimate of drug-likeness (QED) is 0.421. The van der Waals surface area contributed by atoms with Crippen LogP contribution >= 0.6 is 0 Å². The number of hydrogen-bond acceptors (Lipinski definition) is 5. The molecule has 0 radical (unpaired) electrons. The van der Waals surface area contributed by atoms with Gasteiger partial charge in [0.1, 0.15) is 16.9 Å². The van der Waals surface area contributed by atoms with Crippen LogP contribution in [0.4, 0.5) is 0 Å². The standard InChI is InChI=1S/C29H34N2O5S/c1-37(34,35)24-9-5-8-23-25(24)30-26(31(23)18-20-10-11-20)29(36-19-21-12-13-21)16-14-28(15-17-29,27(32)33)22-6-3-2-4-7-22/h2-9,20-21H,10-19H2,1H3,(H,32,33)/t28-,29+. The van der Waals surface area contributed by atoms with Crippen LogP contribution in [0.25, 0.3) is 11.0 Å². The van der Waals surface area contributed by atoms with Crippen molar-refractivity contribution in [1.29, 1.82) is 0 Å². The van der Waals surface area contributed by atoms with Gasteiger partial charge in [0.05, 0.1) is 22.4 Å². The van der Waals surface area contributed by atoms with Gasteiger partial charge in [0, 0.05) is 12.8 Å². The van der Waals surface area contributed by atoms with Gasteiger partial charge < -0.3 is 14.4 Å². The van der Waals surface area contributed by atoms with Crippen molar-refractivity contribution in [2.75, 3.05) is 12.9 Å². The van der Waals surface area contributed by atoms with Crippen LogP contribution in [0.15, 0.2) is 53.4 Å². The molecule has 7 nitrogen and oxygen atoms in total. The molecule has 3 aliphatic rings. The van der Waals surface area contributed by atoms with Crippen molar-refractivity contribution in [3.63, 3.8) is 0 Å². The molecule has 3 saturated carbocycles. The summed E-state index contributed by atoms with van der Waals surface area (Å²) in [7, 11) is -3.47. The van der Waals surface area contributed by atoms with Crippen molar-refractivity contribution in [3.05, 3.63) is 59.9 Å². The van der Waals surface area contributed by atoms with Gasteiger partial charge in [-0.15, -0.1) is 0 Å². The summed E-state index contributed by atoms with van der Waals surface area (Å²) in [4.78, 5) is 18.0. The van der Waals surface area contributed by atoms with Gasteiger partial charge in [0.25, 0.3) is 0 Å². The first-order valence-electron chi connectivity index (χ1n) is 13.3. The molecule has 8 heteroatoms. The van der Waals surface area contributed by atoms with Gasteiger partial charge in [-0.25, -0.2) is 13.4 Å². The molecule has 196 valence electrons. The largest absolute Gasteiger partial charge is 0.481 e. The number of nitrogens with zero attached hydrogens (tertiary/aromatic N) is 2. The molecule has 3 aromatic rings. The molecule has 37 heavy (non-hydrogen) atoms. The van der Waals surface area contributed by atoms with E-state index < -0.39 is 26.8 Å². The van der Waals surface area contributed by atoms with Crippen molar-refractivity contribution in [2.24, 2.45) is 11.8 Å². The Morgan fingerprint density at radius 2 is 1.68 bits per heavy atom. The molecular weight excluding hydrogens is 488 g/mol. The van der Waals surface area contributed by atoms with Crippen molar-refractivity contribution in [1.82, 2.24) is 9.55 Å². The van der Waals surface area contributed by atoms with Crippen molar-refractivity contribution in [2.45, 2.75) is 73.8 Å². The van der Waals surface area contributed by atoms with E-state index in [1.165, 1.54) is 6.26 Å². The molecule has 1 N–H and O–H groups in total. The van der Waals surface area contributed by atoms with E-state index in [1.54, 1.807) is 12.1 Å². The average molecular weight is 523 g/mol. The molecule has 0 spiro atoms. The Hall–Kier alpha value is -2.71. The zero-order valence-corrected chi connectivity index (χ0v) is 22.0. The molecule has 0 amide bonds. The van der Waals surface area contributed by atoms with Gasteiger partial charge in [0.15, 0.2) is 9.84 Å². The average Bonchev–Trinajstić information content (AvgIpc) is 3.82. The maximum absolute atomic E-state index is 12.7. The Balaban J connectivity index is 1.47. The topological polar surface area (TPSA) is 98.5 Å². The number of fused-ring (bicyclic) bond motifs is 1. The minimum atomic E-state index is -3.47. The first kappa shape index (κ1) is 24.6. The highest BCUT2D eigenvalue weighted by molar-refractivity contribution is 7.91. The third-order valence-electron chi connectivity index (χ3n) is 8.63. The SMILES string of the molecule is CS(=O)(=O)c1cccc2c1nc([C@]1(OCC3CC3)CC[C@](C(=O)O)(c3ccccc3)CC1)n2CC1CC1. The molecule has 0 unspecified atom stereocenters. The molecular formula is C29H34N2O5S. The zero-order chi connectivity index (χ0) is 25.8. The smallest absolute Gasteiger partial charge is 0.314 e. The predicted octanol–water partition coefficient (Wildman–Crippen LogP) is 5.07. The van der Waals surface area contributed by atoms with E-state index in [1.807, 2.05) is 36.4 Å². The van der Waals surface area contributed by atoms with E-state index in [9.17, 15) is 18.3 Å². The van der Waals surface area contributed by atoms with E-state index in [-0.39, 0.29) is 4.90 Å². The molecule has 3 aliphatic carbocycles. The Bertz CT molecular complexity index is 1430. The number of hydrogen-bond donors (Lipinski definition) is 1. The number of ether oxygens (including phenoxy) is 1. The lowest BCUT2D eigenvalue weighted by Gasteiger charge is -2.44. The van der Waals surface area contributed by atoms with Crippen LogP contribution in [0.5, 0.6) is 0 Å². The molecule has 0 atom stereocenters. The fraction of sp³-hybridized carbons (Fsp3) is 0.517. The van der Waals surface area contributed by atoms with Crippen molar-refractivity contribution >= 4 is 26.8 Å².